The highest BCUT2D eigenvalue weighted by Gasteiger charge is 2.32. The number of benzene rings is 1. The van der Waals surface area contributed by atoms with Crippen molar-refractivity contribution in [1.82, 2.24) is 4.90 Å². The summed E-state index contributed by atoms with van der Waals surface area (Å²) in [7, 11) is 0. The van der Waals surface area contributed by atoms with E-state index in [0.29, 0.717) is 29.5 Å². The zero-order valence-corrected chi connectivity index (χ0v) is 9.73. The van der Waals surface area contributed by atoms with E-state index in [1.807, 2.05) is 4.90 Å². The molecule has 17 heavy (non-hydrogen) atoms. The largest absolute Gasteiger partial charge is 0.399 e. The van der Waals surface area contributed by atoms with Gasteiger partial charge in [0.1, 0.15) is 0 Å². The van der Waals surface area contributed by atoms with Gasteiger partial charge in [0, 0.05) is 29.5 Å². The fourth-order valence-electron chi connectivity index (χ4n) is 1.89. The summed E-state index contributed by atoms with van der Waals surface area (Å²) in [5.74, 6) is -0.0219. The zero-order valence-electron chi connectivity index (χ0n) is 9.73. The molecule has 2 rings (SSSR count). The lowest BCUT2D eigenvalue weighted by atomic mass is 10.1. The molecule has 0 heterocycles. The number of nitrogens with two attached hydrogens (primary N) is 2. The van der Waals surface area contributed by atoms with Gasteiger partial charge in [0.25, 0.3) is 5.91 Å². The molecule has 1 aliphatic carbocycles. The maximum Gasteiger partial charge on any atom is 0.254 e. The normalized spacial score (nSPS) is 14.4. The van der Waals surface area contributed by atoms with Crippen LogP contribution in [-0.2, 0) is 0 Å². The van der Waals surface area contributed by atoms with Crippen molar-refractivity contribution >= 4 is 17.3 Å². The Balaban J connectivity index is 2.24. The Bertz CT molecular complexity index is 432. The van der Waals surface area contributed by atoms with Gasteiger partial charge in [-0.1, -0.05) is 6.08 Å². The molecule has 0 saturated heterocycles. The highest BCUT2D eigenvalue weighted by atomic mass is 16.2. The Kier molecular flexibility index (Phi) is 3.04. The van der Waals surface area contributed by atoms with Crippen molar-refractivity contribution in [3.05, 3.63) is 36.4 Å². The number of hydrogen-bond acceptors (Lipinski definition) is 3. The van der Waals surface area contributed by atoms with E-state index in [2.05, 4.69) is 6.58 Å². The number of nitrogens with zero attached hydrogens (tertiary/aromatic N) is 1. The standard InChI is InChI=1S/C13H17N3O/c1-2-5-16(12-3-4-12)13(17)9-6-10(14)8-11(15)7-9/h2,6-8,12H,1,3-5,14-15H2. The van der Waals surface area contributed by atoms with Crippen molar-refractivity contribution in [2.45, 2.75) is 18.9 Å². The second-order valence-electron chi connectivity index (χ2n) is 4.37. The number of anilines is 2. The minimum absolute atomic E-state index is 0.0219. The van der Waals surface area contributed by atoms with Crippen LogP contribution in [0.15, 0.2) is 30.9 Å². The van der Waals surface area contributed by atoms with Crippen LogP contribution in [0.3, 0.4) is 0 Å². The molecule has 4 nitrogen and oxygen atoms in total. The van der Waals surface area contributed by atoms with Gasteiger partial charge in [0.2, 0.25) is 0 Å². The summed E-state index contributed by atoms with van der Waals surface area (Å²) >= 11 is 0. The molecule has 0 bridgehead atoms. The third kappa shape index (κ3) is 2.58. The first kappa shape index (κ1) is 11.5. The van der Waals surface area contributed by atoms with Gasteiger partial charge in [-0.25, -0.2) is 0 Å². The van der Waals surface area contributed by atoms with Gasteiger partial charge in [0.15, 0.2) is 0 Å². The molecule has 0 aromatic heterocycles. The molecule has 1 aromatic carbocycles. The molecule has 4 N–H and O–H groups in total. The maximum absolute atomic E-state index is 12.3. The maximum atomic E-state index is 12.3. The molecule has 90 valence electrons. The Morgan fingerprint density at radius 3 is 2.41 bits per heavy atom. The van der Waals surface area contributed by atoms with Crippen molar-refractivity contribution < 1.29 is 4.79 Å². The summed E-state index contributed by atoms with van der Waals surface area (Å²) in [6.45, 7) is 4.25. The van der Waals surface area contributed by atoms with Gasteiger partial charge >= 0.3 is 0 Å². The van der Waals surface area contributed by atoms with Crippen molar-refractivity contribution in [3.63, 3.8) is 0 Å². The second kappa shape index (κ2) is 4.49. The molecule has 1 amide bonds. The molecule has 0 aliphatic heterocycles. The van der Waals surface area contributed by atoms with Crippen LogP contribution in [0.2, 0.25) is 0 Å². The van der Waals surface area contributed by atoms with Crippen molar-refractivity contribution in [2.24, 2.45) is 0 Å². The van der Waals surface area contributed by atoms with Gasteiger partial charge < -0.3 is 16.4 Å². The summed E-state index contributed by atoms with van der Waals surface area (Å²) in [5.41, 5.74) is 13.0. The molecule has 0 atom stereocenters. The number of hydrogen-bond donors (Lipinski definition) is 2. The highest BCUT2D eigenvalue weighted by molar-refractivity contribution is 5.96. The summed E-state index contributed by atoms with van der Waals surface area (Å²) in [6.07, 6.45) is 3.88. The zero-order chi connectivity index (χ0) is 12.4. The molecule has 4 heteroatoms. The van der Waals surface area contributed by atoms with Crippen LogP contribution in [0.1, 0.15) is 23.2 Å². The third-order valence-corrected chi connectivity index (χ3v) is 2.80. The smallest absolute Gasteiger partial charge is 0.254 e. The van der Waals surface area contributed by atoms with Crippen molar-refractivity contribution in [2.75, 3.05) is 18.0 Å². The van der Waals surface area contributed by atoms with E-state index in [-0.39, 0.29) is 5.91 Å². The predicted molar refractivity (Wildman–Crippen MR) is 69.5 cm³/mol. The van der Waals surface area contributed by atoms with Crippen molar-refractivity contribution in [1.29, 1.82) is 0 Å². The fourth-order valence-corrected chi connectivity index (χ4v) is 1.89. The average molecular weight is 231 g/mol. The van der Waals surface area contributed by atoms with Gasteiger partial charge in [-0.3, -0.25) is 4.79 Å². The molecular weight excluding hydrogens is 214 g/mol. The Hall–Kier alpha value is -1.97. The SMILES string of the molecule is C=CCN(C(=O)c1cc(N)cc(N)c1)C1CC1. The fraction of sp³-hybridized carbons (Fsp3) is 0.308. The Morgan fingerprint density at radius 2 is 1.94 bits per heavy atom. The van der Waals surface area contributed by atoms with E-state index in [9.17, 15) is 4.79 Å². The van der Waals surface area contributed by atoms with Crippen LogP contribution in [-0.4, -0.2) is 23.4 Å². The summed E-state index contributed by atoms with van der Waals surface area (Å²) in [6, 6.07) is 5.32. The Labute approximate surface area is 101 Å². The minimum Gasteiger partial charge on any atom is -0.399 e. The molecule has 1 saturated carbocycles. The molecule has 1 fully saturated rings. The molecule has 1 aliphatic rings. The topological polar surface area (TPSA) is 72.3 Å². The monoisotopic (exact) mass is 231 g/mol. The quantitative estimate of drug-likeness (QED) is 0.611. The van der Waals surface area contributed by atoms with Gasteiger partial charge in [0.05, 0.1) is 0 Å². The first-order valence-corrected chi connectivity index (χ1v) is 5.69. The van der Waals surface area contributed by atoms with Gasteiger partial charge in [-0.2, -0.15) is 0 Å². The number of carbonyl (C=O) groups is 1. The number of amides is 1. The molecule has 0 spiro atoms. The molecular formula is C13H17N3O. The van der Waals surface area contributed by atoms with E-state index in [0.717, 1.165) is 12.8 Å². The predicted octanol–water partition coefficient (Wildman–Crippen LogP) is 1.64. The molecule has 1 aromatic rings. The average Bonchev–Trinajstić information content (AvgIpc) is 3.07. The van der Waals surface area contributed by atoms with E-state index in [4.69, 9.17) is 11.5 Å². The summed E-state index contributed by atoms with van der Waals surface area (Å²) in [5, 5.41) is 0. The van der Waals surface area contributed by atoms with Crippen LogP contribution >= 0.6 is 0 Å². The molecule has 0 radical (unpaired) electrons. The van der Waals surface area contributed by atoms with Crippen LogP contribution in [0.4, 0.5) is 11.4 Å². The van der Waals surface area contributed by atoms with Gasteiger partial charge in [-0.15, -0.1) is 6.58 Å². The van der Waals surface area contributed by atoms with E-state index in [1.54, 1.807) is 24.3 Å². The lowest BCUT2D eigenvalue weighted by Gasteiger charge is -2.21. The second-order valence-corrected chi connectivity index (χ2v) is 4.37. The Morgan fingerprint density at radius 1 is 1.35 bits per heavy atom. The van der Waals surface area contributed by atoms with E-state index >= 15 is 0 Å². The summed E-state index contributed by atoms with van der Waals surface area (Å²) < 4.78 is 0. The van der Waals surface area contributed by atoms with E-state index in [1.165, 1.54) is 0 Å². The minimum atomic E-state index is -0.0219. The highest BCUT2D eigenvalue weighted by Crippen LogP contribution is 2.28. The third-order valence-electron chi connectivity index (χ3n) is 2.80. The first-order chi connectivity index (χ1) is 8.11. The van der Waals surface area contributed by atoms with Gasteiger partial charge in [-0.05, 0) is 31.0 Å². The van der Waals surface area contributed by atoms with E-state index < -0.39 is 0 Å². The number of nitrogen functional groups attached to an aromatic ring is 2. The number of rotatable bonds is 4. The first-order valence-electron chi connectivity index (χ1n) is 5.69. The lowest BCUT2D eigenvalue weighted by molar-refractivity contribution is 0.0763. The lowest BCUT2D eigenvalue weighted by Crippen LogP contribution is -2.33. The van der Waals surface area contributed by atoms with Crippen LogP contribution < -0.4 is 11.5 Å². The van der Waals surface area contributed by atoms with Crippen LogP contribution in [0.25, 0.3) is 0 Å². The van der Waals surface area contributed by atoms with Crippen molar-refractivity contribution in [3.8, 4) is 0 Å². The van der Waals surface area contributed by atoms with Crippen LogP contribution in [0, 0.1) is 0 Å². The summed E-state index contributed by atoms with van der Waals surface area (Å²) in [4.78, 5) is 14.1. The van der Waals surface area contributed by atoms with Crippen LogP contribution in [0.5, 0.6) is 0 Å². The number of carbonyl (C=O) groups excluding carboxylic acids is 1. The molecule has 0 unspecified atom stereocenters.